The van der Waals surface area contributed by atoms with Crippen LogP contribution in [0.2, 0.25) is 5.02 Å². The molecule has 2 saturated heterocycles. The van der Waals surface area contributed by atoms with Gasteiger partial charge in [-0.3, -0.25) is 0 Å². The van der Waals surface area contributed by atoms with E-state index in [0.717, 1.165) is 36.0 Å². The van der Waals surface area contributed by atoms with Gasteiger partial charge < -0.3 is 24.5 Å². The zero-order valence-electron chi connectivity index (χ0n) is 16.1. The predicted octanol–water partition coefficient (Wildman–Crippen LogP) is 3.35. The molecule has 2 atom stereocenters. The zero-order chi connectivity index (χ0) is 19.8. The van der Waals surface area contributed by atoms with Crippen molar-refractivity contribution in [1.29, 1.82) is 0 Å². The van der Waals surface area contributed by atoms with Gasteiger partial charge in [0.2, 0.25) is 0 Å². The van der Waals surface area contributed by atoms with Crippen molar-refractivity contribution < 1.29 is 19.4 Å². The van der Waals surface area contributed by atoms with Gasteiger partial charge in [-0.05, 0) is 55.0 Å². The average molecular weight is 408 g/mol. The Balaban J connectivity index is 1.62. The number of amides is 3. The maximum atomic E-state index is 13.1. The van der Waals surface area contributed by atoms with Gasteiger partial charge >= 0.3 is 12.1 Å². The fourth-order valence-electron chi connectivity index (χ4n) is 4.63. The summed E-state index contributed by atoms with van der Waals surface area (Å²) in [7, 11) is 0. The molecule has 3 amide bonds. The summed E-state index contributed by atoms with van der Waals surface area (Å²) in [5, 5.41) is 10.2. The number of fused-ring (bicyclic) bond motifs is 1. The van der Waals surface area contributed by atoms with E-state index in [4.69, 9.17) is 16.3 Å². The third-order valence-electron chi connectivity index (χ3n) is 6.08. The second kappa shape index (κ2) is 7.79. The number of nitrogens with zero attached hydrogens (tertiary/aromatic N) is 3. The number of rotatable bonds is 1. The highest BCUT2D eigenvalue weighted by molar-refractivity contribution is 6.30. The first-order valence-electron chi connectivity index (χ1n) is 9.89. The Labute approximate surface area is 169 Å². The van der Waals surface area contributed by atoms with E-state index in [2.05, 4.69) is 0 Å². The summed E-state index contributed by atoms with van der Waals surface area (Å²) in [6, 6.07) is 3.74. The molecule has 3 heterocycles. The quantitative estimate of drug-likeness (QED) is 0.774. The number of hydrogen-bond donors (Lipinski definition) is 1. The van der Waals surface area contributed by atoms with Gasteiger partial charge in [-0.25, -0.2) is 9.59 Å². The van der Waals surface area contributed by atoms with Crippen molar-refractivity contribution in [2.75, 3.05) is 32.8 Å². The zero-order valence-corrected chi connectivity index (χ0v) is 16.8. The maximum absolute atomic E-state index is 13.1. The van der Waals surface area contributed by atoms with Crippen molar-refractivity contribution in [2.24, 2.45) is 0 Å². The lowest BCUT2D eigenvalue weighted by Crippen LogP contribution is -2.53. The van der Waals surface area contributed by atoms with E-state index in [9.17, 15) is 14.7 Å². The molecule has 28 heavy (non-hydrogen) atoms. The van der Waals surface area contributed by atoms with Gasteiger partial charge in [-0.1, -0.05) is 11.6 Å². The van der Waals surface area contributed by atoms with Crippen LogP contribution in [0.15, 0.2) is 12.1 Å². The van der Waals surface area contributed by atoms with E-state index in [1.807, 2.05) is 28.9 Å². The molecule has 8 heteroatoms. The molecule has 3 aliphatic rings. The summed E-state index contributed by atoms with van der Waals surface area (Å²) >= 11 is 6.36. The van der Waals surface area contributed by atoms with Gasteiger partial charge in [-0.15, -0.1) is 0 Å². The molecule has 7 nitrogen and oxygen atoms in total. The topological polar surface area (TPSA) is 73.3 Å². The largest absolute Gasteiger partial charge is 0.465 e. The SMILES string of the molecule is CC1COCCN1C(=O)N1CCc2cc(Cl)cc(C3CCCN3C(=O)O)c2C1. The summed E-state index contributed by atoms with van der Waals surface area (Å²) in [6.45, 7) is 5.41. The number of likely N-dealkylation sites (tertiary alicyclic amines) is 1. The van der Waals surface area contributed by atoms with Crippen LogP contribution >= 0.6 is 11.6 Å². The molecule has 0 spiro atoms. The standard InChI is InChI=1S/C20H26ClN3O4/c1-13-12-28-8-7-23(13)19(25)22-6-4-14-9-15(21)10-16(17(14)11-22)18-3-2-5-24(18)20(26)27/h9-10,13,18H,2-8,11-12H2,1H3,(H,26,27). The minimum Gasteiger partial charge on any atom is -0.465 e. The highest BCUT2D eigenvalue weighted by Crippen LogP contribution is 2.38. The van der Waals surface area contributed by atoms with E-state index >= 15 is 0 Å². The van der Waals surface area contributed by atoms with Crippen LogP contribution in [-0.2, 0) is 17.7 Å². The van der Waals surface area contributed by atoms with Crippen LogP contribution in [0.5, 0.6) is 0 Å². The van der Waals surface area contributed by atoms with Crippen LogP contribution in [0.3, 0.4) is 0 Å². The Morgan fingerprint density at radius 1 is 1.21 bits per heavy atom. The van der Waals surface area contributed by atoms with Gasteiger partial charge in [0.15, 0.2) is 0 Å². The second-order valence-corrected chi connectivity index (χ2v) is 8.27. The first kappa shape index (κ1) is 19.3. The molecule has 0 saturated carbocycles. The molecule has 0 aliphatic carbocycles. The molecule has 3 aliphatic heterocycles. The number of carboxylic acid groups (broad SMARTS) is 1. The first-order valence-corrected chi connectivity index (χ1v) is 10.3. The van der Waals surface area contributed by atoms with Crippen molar-refractivity contribution in [2.45, 2.75) is 44.8 Å². The molecule has 1 N–H and O–H groups in total. The second-order valence-electron chi connectivity index (χ2n) is 7.84. The van der Waals surface area contributed by atoms with Crippen LogP contribution in [0.1, 0.15) is 42.5 Å². The van der Waals surface area contributed by atoms with Crippen LogP contribution in [0.25, 0.3) is 0 Å². The molecular formula is C20H26ClN3O4. The van der Waals surface area contributed by atoms with Crippen molar-refractivity contribution in [3.05, 3.63) is 33.8 Å². The molecule has 2 fully saturated rings. The Kier molecular flexibility index (Phi) is 5.38. The normalized spacial score (nSPS) is 25.0. The van der Waals surface area contributed by atoms with Crippen LogP contribution < -0.4 is 0 Å². The van der Waals surface area contributed by atoms with E-state index in [1.54, 1.807) is 0 Å². The fourth-order valence-corrected chi connectivity index (χ4v) is 4.88. The highest BCUT2D eigenvalue weighted by Gasteiger charge is 2.35. The summed E-state index contributed by atoms with van der Waals surface area (Å²) in [5.74, 6) is 0. The molecule has 0 radical (unpaired) electrons. The number of benzene rings is 1. The molecule has 4 rings (SSSR count). The molecule has 1 aromatic carbocycles. The third kappa shape index (κ3) is 3.53. The van der Waals surface area contributed by atoms with E-state index in [0.29, 0.717) is 44.4 Å². The van der Waals surface area contributed by atoms with Crippen molar-refractivity contribution in [3.8, 4) is 0 Å². The number of ether oxygens (including phenoxy) is 1. The van der Waals surface area contributed by atoms with Gasteiger partial charge in [0.05, 0.1) is 25.3 Å². The third-order valence-corrected chi connectivity index (χ3v) is 6.30. The lowest BCUT2D eigenvalue weighted by molar-refractivity contribution is 0.00932. The molecule has 152 valence electrons. The lowest BCUT2D eigenvalue weighted by Gasteiger charge is -2.40. The molecule has 1 aromatic rings. The Morgan fingerprint density at radius 3 is 2.79 bits per heavy atom. The molecule has 0 aromatic heterocycles. The summed E-state index contributed by atoms with van der Waals surface area (Å²) in [6.07, 6.45) is 1.45. The first-order chi connectivity index (χ1) is 13.5. The van der Waals surface area contributed by atoms with Crippen molar-refractivity contribution >= 4 is 23.7 Å². The Bertz CT molecular complexity index is 787. The number of halogens is 1. The van der Waals surface area contributed by atoms with E-state index < -0.39 is 6.09 Å². The van der Waals surface area contributed by atoms with Crippen LogP contribution in [0.4, 0.5) is 9.59 Å². The molecule has 0 bridgehead atoms. The number of morpholine rings is 1. The number of carbonyl (C=O) groups is 2. The smallest absolute Gasteiger partial charge is 0.407 e. The average Bonchev–Trinajstić information content (AvgIpc) is 3.17. The monoisotopic (exact) mass is 407 g/mol. The summed E-state index contributed by atoms with van der Waals surface area (Å²) < 4.78 is 5.45. The minimum absolute atomic E-state index is 0.0314. The highest BCUT2D eigenvalue weighted by atomic mass is 35.5. The Morgan fingerprint density at radius 2 is 2.04 bits per heavy atom. The van der Waals surface area contributed by atoms with Crippen molar-refractivity contribution in [1.82, 2.24) is 14.7 Å². The number of carbonyl (C=O) groups excluding carboxylic acids is 1. The van der Waals surface area contributed by atoms with E-state index in [1.165, 1.54) is 4.90 Å². The fraction of sp³-hybridized carbons (Fsp3) is 0.600. The van der Waals surface area contributed by atoms with Gasteiger partial charge in [-0.2, -0.15) is 0 Å². The summed E-state index contributed by atoms with van der Waals surface area (Å²) in [5.41, 5.74) is 3.14. The molecule has 2 unspecified atom stereocenters. The summed E-state index contributed by atoms with van der Waals surface area (Å²) in [4.78, 5) is 30.0. The predicted molar refractivity (Wildman–Crippen MR) is 105 cm³/mol. The minimum atomic E-state index is -0.901. The Hall–Kier alpha value is -1.99. The lowest BCUT2D eigenvalue weighted by atomic mass is 9.90. The maximum Gasteiger partial charge on any atom is 0.407 e. The van der Waals surface area contributed by atoms with Crippen LogP contribution in [0, 0.1) is 0 Å². The van der Waals surface area contributed by atoms with Crippen LogP contribution in [-0.4, -0.2) is 70.8 Å². The van der Waals surface area contributed by atoms with Gasteiger partial charge in [0.25, 0.3) is 0 Å². The van der Waals surface area contributed by atoms with Gasteiger partial charge in [0, 0.05) is 31.2 Å². The van der Waals surface area contributed by atoms with Crippen molar-refractivity contribution in [3.63, 3.8) is 0 Å². The molecular weight excluding hydrogens is 382 g/mol. The number of hydrogen-bond acceptors (Lipinski definition) is 3. The van der Waals surface area contributed by atoms with Gasteiger partial charge in [0.1, 0.15) is 0 Å². The number of urea groups is 1. The van der Waals surface area contributed by atoms with E-state index in [-0.39, 0.29) is 18.1 Å².